The summed E-state index contributed by atoms with van der Waals surface area (Å²) in [6.45, 7) is 2.08. The third kappa shape index (κ3) is 3.16. The Kier molecular flexibility index (Phi) is 5.24. The molecule has 1 heterocycles. The summed E-state index contributed by atoms with van der Waals surface area (Å²) in [6.07, 6.45) is 3.27. The van der Waals surface area contributed by atoms with Crippen molar-refractivity contribution >= 4 is 27.2 Å². The number of rotatable bonds is 5. The van der Waals surface area contributed by atoms with Gasteiger partial charge in [0.1, 0.15) is 5.69 Å². The van der Waals surface area contributed by atoms with Gasteiger partial charge < -0.3 is 0 Å². The van der Waals surface area contributed by atoms with E-state index in [0.717, 1.165) is 16.8 Å². The topological polar surface area (TPSA) is 56.1 Å². The third-order valence-electron chi connectivity index (χ3n) is 4.13. The molecule has 26 heavy (non-hydrogen) atoms. The van der Waals surface area contributed by atoms with Gasteiger partial charge in [-0.3, -0.25) is 4.79 Å². The van der Waals surface area contributed by atoms with Crippen LogP contribution in [0.5, 0.6) is 0 Å². The number of nitrogens with zero attached hydrogens (tertiary/aromatic N) is 1. The third-order valence-corrected chi connectivity index (χ3v) is 5.87. The van der Waals surface area contributed by atoms with Gasteiger partial charge in [0.25, 0.3) is 10.0 Å². The van der Waals surface area contributed by atoms with Crippen LogP contribution in [0.15, 0.2) is 59.5 Å². The average Bonchev–Trinajstić information content (AvgIpc) is 3.00. The number of hydrogen-bond donors (Lipinski definition) is 0. The number of benzene rings is 2. The van der Waals surface area contributed by atoms with Gasteiger partial charge in [-0.2, -0.15) is 0 Å². The minimum absolute atomic E-state index is 0.0686. The van der Waals surface area contributed by atoms with E-state index in [4.69, 9.17) is 0 Å². The first-order valence-corrected chi connectivity index (χ1v) is 9.93. The van der Waals surface area contributed by atoms with E-state index in [9.17, 15) is 13.2 Å². The molecule has 0 N–H and O–H groups in total. The number of fused-ring (bicyclic) bond motifs is 1. The molecule has 5 heteroatoms. The van der Waals surface area contributed by atoms with Crippen molar-refractivity contribution in [1.29, 1.82) is 0 Å². The molecule has 0 unspecified atom stereocenters. The maximum atomic E-state index is 13.2. The lowest BCUT2D eigenvalue weighted by Gasteiger charge is -2.09. The van der Waals surface area contributed by atoms with E-state index >= 15 is 0 Å². The van der Waals surface area contributed by atoms with Crippen molar-refractivity contribution < 1.29 is 13.2 Å². The van der Waals surface area contributed by atoms with Crippen LogP contribution in [0.3, 0.4) is 0 Å². The first-order chi connectivity index (χ1) is 12.6. The second-order valence-electron chi connectivity index (χ2n) is 5.88. The van der Waals surface area contributed by atoms with Gasteiger partial charge in [-0.25, -0.2) is 12.4 Å². The lowest BCUT2D eigenvalue weighted by Crippen LogP contribution is -2.15. The summed E-state index contributed by atoms with van der Waals surface area (Å²) < 4.78 is 27.5. The molecule has 132 valence electrons. The van der Waals surface area contributed by atoms with Crippen molar-refractivity contribution in [3.63, 3.8) is 0 Å². The van der Waals surface area contributed by atoms with E-state index < -0.39 is 10.0 Å². The number of carbonyl (C=O) groups is 1. The highest BCUT2D eigenvalue weighted by Crippen LogP contribution is 2.29. The smallest absolute Gasteiger partial charge is 0.268 e. The van der Waals surface area contributed by atoms with Gasteiger partial charge in [0, 0.05) is 11.8 Å². The fourth-order valence-corrected chi connectivity index (χ4v) is 4.37. The normalized spacial score (nSPS) is 11.1. The Morgan fingerprint density at radius 3 is 2.42 bits per heavy atom. The SMILES string of the molecule is CCCCC#Cc1c(C=O)n(S(=O)(=O)c2ccccc2)c2ccccc12. The standard InChI is InChI=1S/C21H19NO3S/c1-2-3-4-8-13-19-18-14-9-10-15-20(18)22(21(19)16-23)26(24,25)17-11-6-5-7-12-17/h5-7,9-12,14-16H,2-4H2,1H3. The lowest BCUT2D eigenvalue weighted by atomic mass is 10.1. The maximum Gasteiger partial charge on any atom is 0.268 e. The molecule has 0 aliphatic carbocycles. The molecular formula is C21H19NO3S. The highest BCUT2D eigenvalue weighted by atomic mass is 32.2. The molecule has 0 aliphatic heterocycles. The molecular weight excluding hydrogens is 346 g/mol. The molecule has 0 saturated carbocycles. The second kappa shape index (κ2) is 7.59. The van der Waals surface area contributed by atoms with E-state index in [0.29, 0.717) is 29.2 Å². The van der Waals surface area contributed by atoms with Crippen LogP contribution < -0.4 is 0 Å². The van der Waals surface area contributed by atoms with Gasteiger partial charge in [-0.15, -0.1) is 0 Å². The minimum atomic E-state index is -3.91. The molecule has 0 atom stereocenters. The van der Waals surface area contributed by atoms with E-state index in [-0.39, 0.29) is 10.6 Å². The largest absolute Gasteiger partial charge is 0.296 e. The van der Waals surface area contributed by atoms with Crippen LogP contribution in [0.2, 0.25) is 0 Å². The quantitative estimate of drug-likeness (QED) is 0.386. The van der Waals surface area contributed by atoms with Crippen LogP contribution in [0.25, 0.3) is 10.9 Å². The Bertz CT molecular complexity index is 1100. The minimum Gasteiger partial charge on any atom is -0.296 e. The predicted octanol–water partition coefficient (Wildman–Crippen LogP) is 4.23. The zero-order valence-corrected chi connectivity index (χ0v) is 15.3. The van der Waals surface area contributed by atoms with E-state index in [1.165, 1.54) is 12.1 Å². The van der Waals surface area contributed by atoms with Crippen molar-refractivity contribution in [2.75, 3.05) is 0 Å². The average molecular weight is 365 g/mol. The molecule has 0 bridgehead atoms. The van der Waals surface area contributed by atoms with Crippen LogP contribution in [-0.2, 0) is 10.0 Å². The fraction of sp³-hybridized carbons (Fsp3) is 0.190. The van der Waals surface area contributed by atoms with Gasteiger partial charge in [0.2, 0.25) is 0 Å². The molecule has 4 nitrogen and oxygen atoms in total. The number of unbranched alkanes of at least 4 members (excludes halogenated alkanes) is 2. The number of aldehydes is 1. The van der Waals surface area contributed by atoms with Crippen LogP contribution in [0, 0.1) is 11.8 Å². The zero-order chi connectivity index (χ0) is 18.6. The summed E-state index contributed by atoms with van der Waals surface area (Å²) in [5, 5.41) is 0.665. The Balaban J connectivity index is 2.29. The summed E-state index contributed by atoms with van der Waals surface area (Å²) in [4.78, 5) is 12.0. The monoisotopic (exact) mass is 365 g/mol. The van der Waals surface area contributed by atoms with Crippen molar-refractivity contribution in [3.05, 3.63) is 65.9 Å². The first-order valence-electron chi connectivity index (χ1n) is 8.49. The van der Waals surface area contributed by atoms with Gasteiger partial charge in [0.05, 0.1) is 16.0 Å². The number of para-hydroxylation sites is 1. The molecule has 3 aromatic rings. The van der Waals surface area contributed by atoms with E-state index in [1.807, 2.05) is 6.07 Å². The maximum absolute atomic E-state index is 13.2. The van der Waals surface area contributed by atoms with Crippen molar-refractivity contribution in [3.8, 4) is 11.8 Å². The van der Waals surface area contributed by atoms with E-state index in [2.05, 4.69) is 18.8 Å². The van der Waals surface area contributed by atoms with Crippen LogP contribution in [0.1, 0.15) is 42.2 Å². The summed E-state index contributed by atoms with van der Waals surface area (Å²) in [6, 6.07) is 15.2. The highest BCUT2D eigenvalue weighted by molar-refractivity contribution is 7.90. The molecule has 0 aliphatic rings. The molecule has 2 aromatic carbocycles. The molecule has 0 saturated heterocycles. The Morgan fingerprint density at radius 1 is 1.04 bits per heavy atom. The van der Waals surface area contributed by atoms with Gasteiger partial charge >= 0.3 is 0 Å². The molecule has 0 radical (unpaired) electrons. The van der Waals surface area contributed by atoms with E-state index in [1.54, 1.807) is 36.4 Å². The Morgan fingerprint density at radius 2 is 1.73 bits per heavy atom. The van der Waals surface area contributed by atoms with Crippen LogP contribution in [-0.4, -0.2) is 18.7 Å². The van der Waals surface area contributed by atoms with Crippen molar-refractivity contribution in [2.45, 2.75) is 31.1 Å². The molecule has 0 spiro atoms. The predicted molar refractivity (Wildman–Crippen MR) is 103 cm³/mol. The molecule has 0 fully saturated rings. The summed E-state index contributed by atoms with van der Waals surface area (Å²) in [5.41, 5.74) is 0.989. The molecule has 1 aromatic heterocycles. The van der Waals surface area contributed by atoms with Crippen molar-refractivity contribution in [2.24, 2.45) is 0 Å². The number of hydrogen-bond acceptors (Lipinski definition) is 3. The fourth-order valence-electron chi connectivity index (χ4n) is 2.84. The van der Waals surface area contributed by atoms with Crippen molar-refractivity contribution in [1.82, 2.24) is 3.97 Å². The zero-order valence-electron chi connectivity index (χ0n) is 14.5. The Labute approximate surface area is 153 Å². The summed E-state index contributed by atoms with van der Waals surface area (Å²) >= 11 is 0. The first kappa shape index (κ1) is 18.0. The number of aromatic nitrogens is 1. The Hall–Kier alpha value is -2.84. The van der Waals surface area contributed by atoms with Gasteiger partial charge in [0.15, 0.2) is 6.29 Å². The van der Waals surface area contributed by atoms with Crippen LogP contribution in [0.4, 0.5) is 0 Å². The second-order valence-corrected chi connectivity index (χ2v) is 7.67. The molecule has 0 amide bonds. The highest BCUT2D eigenvalue weighted by Gasteiger charge is 2.25. The van der Waals surface area contributed by atoms with Crippen LogP contribution >= 0.6 is 0 Å². The lowest BCUT2D eigenvalue weighted by molar-refractivity contribution is 0.111. The summed E-state index contributed by atoms with van der Waals surface area (Å²) in [7, 11) is -3.91. The van der Waals surface area contributed by atoms with Gasteiger partial charge in [-0.05, 0) is 24.6 Å². The van der Waals surface area contributed by atoms with Gasteiger partial charge in [-0.1, -0.05) is 61.6 Å². The summed E-state index contributed by atoms with van der Waals surface area (Å²) in [5.74, 6) is 6.08. The molecule has 3 rings (SSSR count). The number of carbonyl (C=O) groups excluding carboxylic acids is 1.